The number of para-hydroxylation sites is 1. The topological polar surface area (TPSA) is 91.0 Å². The molecule has 96 valence electrons. The van der Waals surface area contributed by atoms with Crippen LogP contribution in [0.4, 0.5) is 10.5 Å². The minimum Gasteiger partial charge on any atom is -0.409 e. The lowest BCUT2D eigenvalue weighted by molar-refractivity contribution is 0.215. The van der Waals surface area contributed by atoms with Crippen molar-refractivity contribution in [3.8, 4) is 0 Å². The zero-order valence-corrected chi connectivity index (χ0v) is 9.91. The van der Waals surface area contributed by atoms with Crippen molar-refractivity contribution >= 4 is 17.6 Å². The number of hydrogen-bond donors (Lipinski definition) is 3. The molecule has 0 saturated carbocycles. The first kappa shape index (κ1) is 12.2. The van der Waals surface area contributed by atoms with E-state index in [0.29, 0.717) is 6.54 Å². The van der Waals surface area contributed by atoms with Crippen LogP contribution in [0.3, 0.4) is 0 Å². The minimum absolute atomic E-state index is 0.0794. The number of nitrogens with zero attached hydrogens (tertiary/aromatic N) is 2. The van der Waals surface area contributed by atoms with Gasteiger partial charge in [-0.15, -0.1) is 0 Å². The van der Waals surface area contributed by atoms with E-state index in [1.165, 1.54) is 0 Å². The van der Waals surface area contributed by atoms with Crippen LogP contribution in [-0.2, 0) is 0 Å². The highest BCUT2D eigenvalue weighted by Crippen LogP contribution is 2.19. The van der Waals surface area contributed by atoms with Gasteiger partial charge < -0.3 is 21.2 Å². The highest BCUT2D eigenvalue weighted by atomic mass is 16.4. The lowest BCUT2D eigenvalue weighted by atomic mass is 10.2. The van der Waals surface area contributed by atoms with E-state index in [9.17, 15) is 4.79 Å². The van der Waals surface area contributed by atoms with E-state index < -0.39 is 0 Å². The molecule has 0 spiro atoms. The first-order valence-electron chi connectivity index (χ1n) is 5.82. The lowest BCUT2D eigenvalue weighted by Gasteiger charge is -2.23. The Balaban J connectivity index is 2.05. The molecule has 1 aliphatic heterocycles. The molecule has 2 rings (SSSR count). The summed E-state index contributed by atoms with van der Waals surface area (Å²) in [5.74, 6) is 0.0794. The SMILES string of the molecule is NC(=NO)C1CCCN1C(=O)Nc1ccccc1. The molecule has 1 fully saturated rings. The van der Waals surface area contributed by atoms with Gasteiger partial charge in [0.2, 0.25) is 0 Å². The quantitative estimate of drug-likeness (QED) is 0.320. The number of carbonyl (C=O) groups excluding carboxylic acids is 1. The van der Waals surface area contributed by atoms with Gasteiger partial charge in [-0.25, -0.2) is 4.79 Å². The summed E-state index contributed by atoms with van der Waals surface area (Å²) in [6.45, 7) is 0.611. The number of rotatable bonds is 2. The van der Waals surface area contributed by atoms with Gasteiger partial charge in [0.05, 0.1) is 6.04 Å². The molecule has 6 heteroatoms. The van der Waals surface area contributed by atoms with E-state index in [1.54, 1.807) is 4.90 Å². The smallest absolute Gasteiger partial charge is 0.322 e. The third kappa shape index (κ3) is 2.53. The van der Waals surface area contributed by atoms with Crippen LogP contribution in [0.25, 0.3) is 0 Å². The van der Waals surface area contributed by atoms with Crippen molar-refractivity contribution in [3.05, 3.63) is 30.3 Å². The zero-order valence-electron chi connectivity index (χ0n) is 9.91. The average Bonchev–Trinajstić information content (AvgIpc) is 2.88. The van der Waals surface area contributed by atoms with Crippen molar-refractivity contribution in [2.45, 2.75) is 18.9 Å². The molecule has 2 amide bonds. The van der Waals surface area contributed by atoms with Gasteiger partial charge in [-0.1, -0.05) is 23.4 Å². The molecule has 1 aromatic rings. The number of carbonyl (C=O) groups is 1. The highest BCUT2D eigenvalue weighted by molar-refractivity contribution is 5.95. The van der Waals surface area contributed by atoms with Crippen LogP contribution in [0, 0.1) is 0 Å². The summed E-state index contributed by atoms with van der Waals surface area (Å²) in [6.07, 6.45) is 1.57. The third-order valence-electron chi connectivity index (χ3n) is 3.00. The summed E-state index contributed by atoms with van der Waals surface area (Å²) in [6, 6.07) is 8.65. The maximum Gasteiger partial charge on any atom is 0.322 e. The Morgan fingerprint density at radius 2 is 2.17 bits per heavy atom. The summed E-state index contributed by atoms with van der Waals surface area (Å²) < 4.78 is 0. The van der Waals surface area contributed by atoms with Crippen LogP contribution in [0.15, 0.2) is 35.5 Å². The molecule has 0 radical (unpaired) electrons. The minimum atomic E-state index is -0.321. The van der Waals surface area contributed by atoms with Gasteiger partial charge in [0.1, 0.15) is 0 Å². The summed E-state index contributed by atoms with van der Waals surface area (Å²) in [4.78, 5) is 13.7. The maximum atomic E-state index is 12.1. The van der Waals surface area contributed by atoms with Gasteiger partial charge in [-0.3, -0.25) is 0 Å². The number of oxime groups is 1. The number of benzene rings is 1. The number of nitrogens with one attached hydrogen (secondary N) is 1. The first-order valence-corrected chi connectivity index (χ1v) is 5.82. The predicted octanol–water partition coefficient (Wildman–Crippen LogP) is 1.43. The second-order valence-electron chi connectivity index (χ2n) is 4.17. The lowest BCUT2D eigenvalue weighted by Crippen LogP contribution is -2.45. The Labute approximate surface area is 105 Å². The van der Waals surface area contributed by atoms with Crippen molar-refractivity contribution in [1.82, 2.24) is 4.90 Å². The fourth-order valence-electron chi connectivity index (χ4n) is 2.10. The number of nitrogens with two attached hydrogens (primary N) is 1. The molecule has 1 aliphatic rings. The number of hydrogen-bond acceptors (Lipinski definition) is 3. The zero-order chi connectivity index (χ0) is 13.0. The first-order chi connectivity index (χ1) is 8.72. The molecule has 1 unspecified atom stereocenters. The second kappa shape index (κ2) is 5.39. The summed E-state index contributed by atoms with van der Waals surface area (Å²) in [7, 11) is 0. The number of amidine groups is 1. The Morgan fingerprint density at radius 1 is 1.44 bits per heavy atom. The Kier molecular flexibility index (Phi) is 3.66. The predicted molar refractivity (Wildman–Crippen MR) is 68.6 cm³/mol. The Bertz CT molecular complexity index is 447. The van der Waals surface area contributed by atoms with Crippen molar-refractivity contribution in [2.24, 2.45) is 10.9 Å². The number of anilines is 1. The molecule has 1 atom stereocenters. The van der Waals surface area contributed by atoms with Crippen molar-refractivity contribution in [1.29, 1.82) is 0 Å². The van der Waals surface area contributed by atoms with Gasteiger partial charge >= 0.3 is 6.03 Å². The normalized spacial score (nSPS) is 19.9. The molecule has 0 bridgehead atoms. The maximum absolute atomic E-state index is 12.1. The van der Waals surface area contributed by atoms with E-state index in [1.807, 2.05) is 30.3 Å². The van der Waals surface area contributed by atoms with Crippen LogP contribution in [-0.4, -0.2) is 34.6 Å². The molecule has 1 aromatic carbocycles. The van der Waals surface area contributed by atoms with E-state index in [0.717, 1.165) is 18.5 Å². The van der Waals surface area contributed by atoms with Crippen LogP contribution in [0.2, 0.25) is 0 Å². The van der Waals surface area contributed by atoms with Gasteiger partial charge in [0, 0.05) is 12.2 Å². The van der Waals surface area contributed by atoms with Crippen LogP contribution in [0.1, 0.15) is 12.8 Å². The molecular formula is C12H16N4O2. The molecule has 1 saturated heterocycles. The van der Waals surface area contributed by atoms with Crippen molar-refractivity contribution < 1.29 is 10.0 Å². The summed E-state index contributed by atoms with van der Waals surface area (Å²) >= 11 is 0. The van der Waals surface area contributed by atoms with Crippen molar-refractivity contribution in [3.63, 3.8) is 0 Å². The fraction of sp³-hybridized carbons (Fsp3) is 0.333. The Hall–Kier alpha value is -2.24. The van der Waals surface area contributed by atoms with Gasteiger partial charge in [-0.2, -0.15) is 0 Å². The summed E-state index contributed by atoms with van der Waals surface area (Å²) in [5, 5.41) is 14.5. The van der Waals surface area contributed by atoms with E-state index in [4.69, 9.17) is 10.9 Å². The summed E-state index contributed by atoms with van der Waals surface area (Å²) in [5.41, 5.74) is 6.31. The van der Waals surface area contributed by atoms with Crippen molar-refractivity contribution in [2.75, 3.05) is 11.9 Å². The number of amides is 2. The fourth-order valence-corrected chi connectivity index (χ4v) is 2.10. The molecule has 6 nitrogen and oxygen atoms in total. The third-order valence-corrected chi connectivity index (χ3v) is 3.00. The number of urea groups is 1. The largest absolute Gasteiger partial charge is 0.409 e. The molecule has 0 aliphatic carbocycles. The highest BCUT2D eigenvalue weighted by Gasteiger charge is 2.31. The average molecular weight is 248 g/mol. The molecular weight excluding hydrogens is 232 g/mol. The van der Waals surface area contributed by atoms with Crippen LogP contribution in [0.5, 0.6) is 0 Å². The van der Waals surface area contributed by atoms with Gasteiger partial charge in [0.25, 0.3) is 0 Å². The van der Waals surface area contributed by atoms with E-state index >= 15 is 0 Å². The second-order valence-corrected chi connectivity index (χ2v) is 4.17. The van der Waals surface area contributed by atoms with E-state index in [2.05, 4.69) is 10.5 Å². The molecule has 1 heterocycles. The Morgan fingerprint density at radius 3 is 2.83 bits per heavy atom. The monoisotopic (exact) mass is 248 g/mol. The van der Waals surface area contributed by atoms with Gasteiger partial charge in [0.15, 0.2) is 5.84 Å². The van der Waals surface area contributed by atoms with E-state index in [-0.39, 0.29) is 17.9 Å². The molecule has 0 aromatic heterocycles. The molecule has 18 heavy (non-hydrogen) atoms. The molecule has 4 N–H and O–H groups in total. The van der Waals surface area contributed by atoms with Gasteiger partial charge in [-0.05, 0) is 25.0 Å². The number of likely N-dealkylation sites (tertiary alicyclic amines) is 1. The van der Waals surface area contributed by atoms with Crippen LogP contribution >= 0.6 is 0 Å². The van der Waals surface area contributed by atoms with Crippen LogP contribution < -0.4 is 11.1 Å². The standard InChI is InChI=1S/C12H16N4O2/c13-11(15-18)10-7-4-8-16(10)12(17)14-9-5-2-1-3-6-9/h1-3,5-6,10,18H,4,7-8H2,(H2,13,15)(H,14,17).